The van der Waals surface area contributed by atoms with Gasteiger partial charge in [0.2, 0.25) is 5.76 Å². The van der Waals surface area contributed by atoms with Gasteiger partial charge >= 0.3 is 0 Å². The van der Waals surface area contributed by atoms with Crippen LogP contribution in [0.2, 0.25) is 0 Å². The van der Waals surface area contributed by atoms with Crippen LogP contribution in [0, 0.1) is 0 Å². The van der Waals surface area contributed by atoms with E-state index in [9.17, 15) is 9.59 Å². The van der Waals surface area contributed by atoms with Crippen molar-refractivity contribution < 1.29 is 28.2 Å². The summed E-state index contributed by atoms with van der Waals surface area (Å²) in [6.45, 7) is 3.17. The molecule has 0 bridgehead atoms. The topological polar surface area (TPSA) is 137 Å². The Morgan fingerprint density at radius 3 is 2.55 bits per heavy atom. The van der Waals surface area contributed by atoms with Gasteiger partial charge in [-0.1, -0.05) is 24.3 Å². The lowest BCUT2D eigenvalue weighted by molar-refractivity contribution is 0.0158. The molecule has 10 heteroatoms. The lowest BCUT2D eigenvalue weighted by Gasteiger charge is -2.23. The highest BCUT2D eigenvalue weighted by molar-refractivity contribution is 6.05. The molecule has 0 aliphatic carbocycles. The molecule has 2 amide bonds. The van der Waals surface area contributed by atoms with E-state index in [1.807, 2.05) is 18.2 Å². The minimum absolute atomic E-state index is 0.0763. The second kappa shape index (κ2) is 13.0. The van der Waals surface area contributed by atoms with Crippen molar-refractivity contribution in [2.45, 2.75) is 12.5 Å². The molecule has 2 heterocycles. The van der Waals surface area contributed by atoms with Crippen LogP contribution in [-0.4, -0.2) is 57.4 Å². The highest BCUT2D eigenvalue weighted by Gasteiger charge is 2.23. The van der Waals surface area contributed by atoms with Crippen LogP contribution in [0.1, 0.15) is 27.3 Å². The second-order valence-electron chi connectivity index (χ2n) is 9.26. The summed E-state index contributed by atoms with van der Waals surface area (Å²) >= 11 is 0. The predicted octanol–water partition coefficient (Wildman–Crippen LogP) is 3.83. The molecule has 5 rings (SSSR count). The van der Waals surface area contributed by atoms with Gasteiger partial charge in [-0.25, -0.2) is 0 Å². The fourth-order valence-electron chi connectivity index (χ4n) is 4.33. The molecule has 10 nitrogen and oxygen atoms in total. The number of furan rings is 1. The molecule has 1 aromatic heterocycles. The first-order valence-electron chi connectivity index (χ1n) is 13.2. The zero-order valence-corrected chi connectivity index (χ0v) is 22.0. The molecule has 0 saturated carbocycles. The quantitative estimate of drug-likeness (QED) is 0.165. The van der Waals surface area contributed by atoms with Crippen LogP contribution in [0.15, 0.2) is 77.2 Å². The molecule has 0 spiro atoms. The largest absolute Gasteiger partial charge is 0.492 e. The van der Waals surface area contributed by atoms with Gasteiger partial charge in [0.25, 0.3) is 11.8 Å². The number of amides is 2. The summed E-state index contributed by atoms with van der Waals surface area (Å²) in [6, 6.07) is 21.2. The Balaban J connectivity index is 1.12. The summed E-state index contributed by atoms with van der Waals surface area (Å²) in [5, 5.41) is 9.65. The Bertz CT molecular complexity index is 1450. The molecule has 1 fully saturated rings. The van der Waals surface area contributed by atoms with E-state index in [1.54, 1.807) is 54.6 Å². The van der Waals surface area contributed by atoms with Gasteiger partial charge in [-0.05, 0) is 48.5 Å². The van der Waals surface area contributed by atoms with Crippen LogP contribution in [0.5, 0.6) is 11.5 Å². The molecule has 0 radical (unpaired) electrons. The van der Waals surface area contributed by atoms with Crippen LogP contribution in [0.25, 0.3) is 11.0 Å². The number of nitrogens with one attached hydrogen (secondary N) is 3. The molecule has 5 N–H and O–H groups in total. The summed E-state index contributed by atoms with van der Waals surface area (Å²) in [7, 11) is 0. The molecule has 1 aliphatic heterocycles. The highest BCUT2D eigenvalue weighted by Crippen LogP contribution is 2.33. The summed E-state index contributed by atoms with van der Waals surface area (Å²) in [6.07, 6.45) is 0.773. The normalized spacial score (nSPS) is 14.9. The van der Waals surface area contributed by atoms with E-state index in [0.717, 1.165) is 18.5 Å². The molecule has 40 heavy (non-hydrogen) atoms. The maximum absolute atomic E-state index is 13.0. The molecule has 1 saturated heterocycles. The van der Waals surface area contributed by atoms with Gasteiger partial charge in [0.05, 0.1) is 42.6 Å². The third kappa shape index (κ3) is 6.71. The first kappa shape index (κ1) is 27.0. The Morgan fingerprint density at radius 2 is 1.75 bits per heavy atom. The third-order valence-corrected chi connectivity index (χ3v) is 6.43. The SMILES string of the molecule is Nc1ccccc1NC(=O)c1ccc(OCCNC(=O)c2oc3ccccc3c2OCCC2CNCCO2)cc1. The van der Waals surface area contributed by atoms with Crippen molar-refractivity contribution in [3.05, 3.63) is 84.1 Å². The number of carbonyl (C=O) groups excluding carboxylic acids is 2. The van der Waals surface area contributed by atoms with Crippen molar-refractivity contribution in [3.8, 4) is 11.5 Å². The highest BCUT2D eigenvalue weighted by atomic mass is 16.5. The van der Waals surface area contributed by atoms with Gasteiger partial charge in [-0.15, -0.1) is 0 Å². The van der Waals surface area contributed by atoms with Crippen LogP contribution < -0.4 is 31.2 Å². The first-order valence-corrected chi connectivity index (χ1v) is 13.2. The van der Waals surface area contributed by atoms with Crippen molar-refractivity contribution in [3.63, 3.8) is 0 Å². The van der Waals surface area contributed by atoms with Gasteiger partial charge in [-0.3, -0.25) is 9.59 Å². The lowest BCUT2D eigenvalue weighted by Crippen LogP contribution is -2.39. The Kier molecular flexibility index (Phi) is 8.79. The number of hydrogen-bond acceptors (Lipinski definition) is 8. The van der Waals surface area contributed by atoms with E-state index in [-0.39, 0.29) is 30.9 Å². The number of para-hydroxylation sites is 3. The first-order chi connectivity index (χ1) is 19.6. The summed E-state index contributed by atoms with van der Waals surface area (Å²) in [5.74, 6) is 0.445. The summed E-state index contributed by atoms with van der Waals surface area (Å²) < 4.78 is 23.3. The second-order valence-corrected chi connectivity index (χ2v) is 9.26. The van der Waals surface area contributed by atoms with E-state index in [0.29, 0.717) is 53.7 Å². The number of nitrogen functional groups attached to an aromatic ring is 1. The van der Waals surface area contributed by atoms with Gasteiger partial charge < -0.3 is 40.3 Å². The predicted molar refractivity (Wildman–Crippen MR) is 152 cm³/mol. The molecule has 1 atom stereocenters. The lowest BCUT2D eigenvalue weighted by atomic mass is 10.2. The van der Waals surface area contributed by atoms with Crippen molar-refractivity contribution in [2.24, 2.45) is 0 Å². The molecule has 208 valence electrons. The fourth-order valence-corrected chi connectivity index (χ4v) is 4.33. The maximum atomic E-state index is 13.0. The van der Waals surface area contributed by atoms with Crippen molar-refractivity contribution in [1.82, 2.24) is 10.6 Å². The zero-order chi connectivity index (χ0) is 27.7. The Morgan fingerprint density at radius 1 is 0.950 bits per heavy atom. The van der Waals surface area contributed by atoms with Gasteiger partial charge in [-0.2, -0.15) is 0 Å². The summed E-state index contributed by atoms with van der Waals surface area (Å²) in [5.41, 5.74) is 7.98. The minimum atomic E-state index is -0.391. The van der Waals surface area contributed by atoms with Crippen molar-refractivity contribution >= 4 is 34.2 Å². The molecule has 4 aromatic rings. The molecular weight excluding hydrogens is 512 g/mol. The van der Waals surface area contributed by atoms with E-state index < -0.39 is 5.91 Å². The van der Waals surface area contributed by atoms with Crippen LogP contribution in [0.3, 0.4) is 0 Å². The zero-order valence-electron chi connectivity index (χ0n) is 22.0. The van der Waals surface area contributed by atoms with Gasteiger partial charge in [0.15, 0.2) is 5.75 Å². The Labute approximate surface area is 231 Å². The van der Waals surface area contributed by atoms with Gasteiger partial charge in [0, 0.05) is 25.1 Å². The number of fused-ring (bicyclic) bond motifs is 1. The molecule has 1 aliphatic rings. The van der Waals surface area contributed by atoms with E-state index in [2.05, 4.69) is 16.0 Å². The number of ether oxygens (including phenoxy) is 3. The number of carbonyl (C=O) groups is 2. The fraction of sp³-hybridized carbons (Fsp3) is 0.267. The monoisotopic (exact) mass is 544 g/mol. The van der Waals surface area contributed by atoms with Crippen LogP contribution >= 0.6 is 0 Å². The number of anilines is 2. The number of nitrogens with two attached hydrogens (primary N) is 1. The third-order valence-electron chi connectivity index (χ3n) is 6.43. The minimum Gasteiger partial charge on any atom is -0.492 e. The average molecular weight is 545 g/mol. The van der Waals surface area contributed by atoms with E-state index in [4.69, 9.17) is 24.4 Å². The summed E-state index contributed by atoms with van der Waals surface area (Å²) in [4.78, 5) is 25.5. The molecular formula is C30H32N4O6. The number of rotatable bonds is 11. The molecule has 3 aromatic carbocycles. The standard InChI is InChI=1S/C30H32N4O6/c31-24-6-2-3-7-25(24)34-29(35)20-9-11-21(12-10-20)37-18-15-33-30(36)28-27(23-5-1-4-8-26(23)40-28)39-16-13-22-19-32-14-17-38-22/h1-12,22,32H,13-19,31H2,(H,33,36)(H,34,35). The smallest absolute Gasteiger partial charge is 0.291 e. The number of morpholine rings is 1. The number of hydrogen-bond donors (Lipinski definition) is 4. The van der Waals surface area contributed by atoms with Gasteiger partial charge in [0.1, 0.15) is 17.9 Å². The Hall–Kier alpha value is -4.54. The van der Waals surface area contributed by atoms with Crippen LogP contribution in [0.4, 0.5) is 11.4 Å². The number of benzene rings is 3. The maximum Gasteiger partial charge on any atom is 0.291 e. The van der Waals surface area contributed by atoms with Crippen molar-refractivity contribution in [1.29, 1.82) is 0 Å². The van der Waals surface area contributed by atoms with E-state index >= 15 is 0 Å². The molecule has 1 unspecified atom stereocenters. The van der Waals surface area contributed by atoms with Crippen LogP contribution in [-0.2, 0) is 4.74 Å². The van der Waals surface area contributed by atoms with E-state index in [1.165, 1.54) is 0 Å². The van der Waals surface area contributed by atoms with Crippen molar-refractivity contribution in [2.75, 3.05) is 50.5 Å². The average Bonchev–Trinajstić information content (AvgIpc) is 3.36.